The van der Waals surface area contributed by atoms with Gasteiger partial charge in [0.15, 0.2) is 0 Å². The van der Waals surface area contributed by atoms with Gasteiger partial charge < -0.3 is 4.57 Å². The number of benzene rings is 1. The van der Waals surface area contributed by atoms with Crippen LogP contribution in [0, 0.1) is 6.92 Å². The van der Waals surface area contributed by atoms with Crippen molar-refractivity contribution in [3.05, 3.63) is 65.1 Å². The normalized spacial score (nSPS) is 19.2. The molecular weight excluding hydrogens is 318 g/mol. The zero-order valence-corrected chi connectivity index (χ0v) is 14.9. The molecule has 0 N–H and O–H groups in total. The van der Waals surface area contributed by atoms with Crippen LogP contribution in [0.5, 0.6) is 0 Å². The maximum absolute atomic E-state index is 4.46. The van der Waals surface area contributed by atoms with Gasteiger partial charge in [-0.15, -0.1) is 0 Å². The molecule has 0 radical (unpaired) electrons. The molecule has 26 heavy (non-hydrogen) atoms. The molecular formula is C23H29N3. The van der Waals surface area contributed by atoms with Gasteiger partial charge in [0.2, 0.25) is 0 Å². The fraction of sp³-hybridized carbons (Fsp3) is 0.435. The lowest BCUT2D eigenvalue weighted by molar-refractivity contribution is 0.242. The minimum Gasteiger partial charge on any atom is -0.344 e. The van der Waals surface area contributed by atoms with Gasteiger partial charge >= 0.3 is 0 Å². The van der Waals surface area contributed by atoms with Crippen molar-refractivity contribution in [3.8, 4) is 0 Å². The fourth-order valence-electron chi connectivity index (χ4n) is 4.84. The first kappa shape index (κ1) is 17.3. The van der Waals surface area contributed by atoms with Gasteiger partial charge in [0.05, 0.1) is 0 Å². The van der Waals surface area contributed by atoms with Crippen LogP contribution in [0.15, 0.2) is 42.6 Å². The van der Waals surface area contributed by atoms with Gasteiger partial charge in [-0.2, -0.15) is 0 Å². The van der Waals surface area contributed by atoms with Crippen LogP contribution >= 0.6 is 0 Å². The first-order chi connectivity index (χ1) is 12.3. The number of rotatable bonds is 3. The molecule has 1 unspecified atom stereocenters. The molecule has 0 saturated carbocycles. The summed E-state index contributed by atoms with van der Waals surface area (Å²) in [5, 5.41) is 1.48. The summed E-state index contributed by atoms with van der Waals surface area (Å²) in [5.74, 6) is 0. The monoisotopic (exact) mass is 347 g/mol. The summed E-state index contributed by atoms with van der Waals surface area (Å²) in [5.41, 5.74) is 7.05. The molecule has 1 saturated heterocycles. The van der Waals surface area contributed by atoms with Gasteiger partial charge in [-0.3, -0.25) is 9.88 Å². The van der Waals surface area contributed by atoms with E-state index in [-0.39, 0.29) is 7.43 Å². The van der Waals surface area contributed by atoms with Crippen molar-refractivity contribution in [2.75, 3.05) is 13.1 Å². The van der Waals surface area contributed by atoms with Crippen LogP contribution in [0.2, 0.25) is 0 Å². The minimum absolute atomic E-state index is 0. The summed E-state index contributed by atoms with van der Waals surface area (Å²) in [6.07, 6.45) is 6.94. The van der Waals surface area contributed by atoms with E-state index in [9.17, 15) is 0 Å². The lowest BCUT2D eigenvalue weighted by atomic mass is 9.96. The highest BCUT2D eigenvalue weighted by Gasteiger charge is 2.34. The number of nitrogens with zero attached hydrogens (tertiary/aromatic N) is 3. The Bertz CT molecular complexity index is 907. The summed E-state index contributed by atoms with van der Waals surface area (Å²) >= 11 is 0. The maximum Gasteiger partial charge on any atom is 0.0486 e. The maximum atomic E-state index is 4.46. The summed E-state index contributed by atoms with van der Waals surface area (Å²) < 4.78 is 2.60. The van der Waals surface area contributed by atoms with Gasteiger partial charge in [-0.1, -0.05) is 31.7 Å². The van der Waals surface area contributed by atoms with Crippen molar-refractivity contribution < 1.29 is 0 Å². The largest absolute Gasteiger partial charge is 0.344 e. The Morgan fingerprint density at radius 3 is 2.85 bits per heavy atom. The molecule has 0 spiro atoms. The number of hydrogen-bond acceptors (Lipinski definition) is 2. The number of para-hydroxylation sites is 1. The molecule has 2 aliphatic heterocycles. The molecule has 4 heterocycles. The molecule has 1 aromatic carbocycles. The minimum atomic E-state index is 0. The van der Waals surface area contributed by atoms with Crippen LogP contribution in [0.25, 0.3) is 10.9 Å². The zero-order chi connectivity index (χ0) is 16.8. The highest BCUT2D eigenvalue weighted by atomic mass is 15.2. The highest BCUT2D eigenvalue weighted by Crippen LogP contribution is 2.42. The Kier molecular flexibility index (Phi) is 4.58. The predicted molar refractivity (Wildman–Crippen MR) is 109 cm³/mol. The summed E-state index contributed by atoms with van der Waals surface area (Å²) in [6.45, 7) is 5.60. The van der Waals surface area contributed by atoms with Crippen molar-refractivity contribution in [1.82, 2.24) is 14.5 Å². The molecule has 1 atom stereocenters. The van der Waals surface area contributed by atoms with E-state index in [0.717, 1.165) is 18.7 Å². The quantitative estimate of drug-likeness (QED) is 0.671. The lowest BCUT2D eigenvalue weighted by Crippen LogP contribution is -2.31. The van der Waals surface area contributed by atoms with Crippen molar-refractivity contribution in [3.63, 3.8) is 0 Å². The number of fused-ring (bicyclic) bond motifs is 5. The van der Waals surface area contributed by atoms with E-state index in [1.54, 1.807) is 11.3 Å². The standard InChI is InChI=1S/C22H25N3.CH4/c1-16-8-9-17(15-23-16)10-14-25-19-6-3-2-5-18(19)22-20-7-4-12-24(20)13-11-21(22)25;/h2-3,5-6,8-9,15,20H,4,7,10-14H2,1H3;1H4. The second kappa shape index (κ2) is 6.88. The second-order valence-corrected chi connectivity index (χ2v) is 7.53. The van der Waals surface area contributed by atoms with E-state index >= 15 is 0 Å². The molecule has 3 nitrogen and oxygen atoms in total. The summed E-state index contributed by atoms with van der Waals surface area (Å²) in [7, 11) is 0. The van der Waals surface area contributed by atoms with Crippen molar-refractivity contribution in [1.29, 1.82) is 0 Å². The SMILES string of the molecule is C.Cc1ccc(CCn2c3c(c4ccccc42)C2CCCN2CC3)cn1. The van der Waals surface area contributed by atoms with Gasteiger partial charge in [0, 0.05) is 54.0 Å². The van der Waals surface area contributed by atoms with Crippen molar-refractivity contribution in [2.24, 2.45) is 0 Å². The molecule has 3 heteroatoms. The molecule has 1 fully saturated rings. The molecule has 0 aliphatic carbocycles. The van der Waals surface area contributed by atoms with Gasteiger partial charge in [0.1, 0.15) is 0 Å². The fourth-order valence-corrected chi connectivity index (χ4v) is 4.84. The van der Waals surface area contributed by atoms with Crippen LogP contribution < -0.4 is 0 Å². The molecule has 0 amide bonds. The summed E-state index contributed by atoms with van der Waals surface area (Å²) in [4.78, 5) is 7.15. The third-order valence-corrected chi connectivity index (χ3v) is 6.05. The summed E-state index contributed by atoms with van der Waals surface area (Å²) in [6, 6.07) is 14.0. The second-order valence-electron chi connectivity index (χ2n) is 7.53. The van der Waals surface area contributed by atoms with Crippen LogP contribution in [0.3, 0.4) is 0 Å². The van der Waals surface area contributed by atoms with Crippen LogP contribution in [0.4, 0.5) is 0 Å². The predicted octanol–water partition coefficient (Wildman–Crippen LogP) is 4.92. The third kappa shape index (κ3) is 2.75. The van der Waals surface area contributed by atoms with Gasteiger partial charge in [0.25, 0.3) is 0 Å². The Labute approximate surface area is 156 Å². The molecule has 3 aromatic rings. The number of hydrogen-bond donors (Lipinski definition) is 0. The Morgan fingerprint density at radius 1 is 1.12 bits per heavy atom. The van der Waals surface area contributed by atoms with Gasteiger partial charge in [-0.25, -0.2) is 0 Å². The molecule has 2 aromatic heterocycles. The van der Waals surface area contributed by atoms with Gasteiger partial charge in [-0.05, 0) is 56.0 Å². The molecule has 5 rings (SSSR count). The Morgan fingerprint density at radius 2 is 2.00 bits per heavy atom. The number of aryl methyl sites for hydroxylation is 3. The first-order valence-corrected chi connectivity index (χ1v) is 9.57. The topological polar surface area (TPSA) is 21.1 Å². The molecule has 136 valence electrons. The van der Waals surface area contributed by atoms with E-state index in [4.69, 9.17) is 0 Å². The van der Waals surface area contributed by atoms with Crippen molar-refractivity contribution >= 4 is 10.9 Å². The van der Waals surface area contributed by atoms with Crippen LogP contribution in [-0.2, 0) is 19.4 Å². The van der Waals surface area contributed by atoms with Crippen molar-refractivity contribution in [2.45, 2.75) is 52.6 Å². The van der Waals surface area contributed by atoms with E-state index in [1.807, 2.05) is 13.1 Å². The van der Waals surface area contributed by atoms with E-state index in [2.05, 4.69) is 50.8 Å². The highest BCUT2D eigenvalue weighted by molar-refractivity contribution is 5.86. The molecule has 0 bridgehead atoms. The smallest absolute Gasteiger partial charge is 0.0486 e. The van der Waals surface area contributed by atoms with E-state index in [0.29, 0.717) is 6.04 Å². The average molecular weight is 348 g/mol. The van der Waals surface area contributed by atoms with E-state index < -0.39 is 0 Å². The Hall–Kier alpha value is -2.13. The van der Waals surface area contributed by atoms with E-state index in [1.165, 1.54) is 48.8 Å². The zero-order valence-electron chi connectivity index (χ0n) is 14.9. The Balaban J connectivity index is 0.00000168. The van der Waals surface area contributed by atoms with Crippen LogP contribution in [0.1, 0.15) is 48.8 Å². The lowest BCUT2D eigenvalue weighted by Gasteiger charge is -2.31. The average Bonchev–Trinajstić information content (AvgIpc) is 3.23. The molecule has 2 aliphatic rings. The number of pyridine rings is 1. The van der Waals surface area contributed by atoms with Crippen LogP contribution in [-0.4, -0.2) is 27.5 Å². The third-order valence-electron chi connectivity index (χ3n) is 6.05. The number of aromatic nitrogens is 2. The first-order valence-electron chi connectivity index (χ1n) is 9.57.